The summed E-state index contributed by atoms with van der Waals surface area (Å²) in [5.74, 6) is -1.47. The molecule has 0 radical (unpaired) electrons. The third kappa shape index (κ3) is 3.74. The lowest BCUT2D eigenvalue weighted by atomic mass is 10.0. The predicted octanol–water partition coefficient (Wildman–Crippen LogP) is 0.542. The van der Waals surface area contributed by atoms with Gasteiger partial charge in [0.05, 0.1) is 18.0 Å². The molecule has 2 unspecified atom stereocenters. The average Bonchev–Trinajstić information content (AvgIpc) is 2.68. The van der Waals surface area contributed by atoms with Gasteiger partial charge in [-0.2, -0.15) is 4.31 Å². The van der Waals surface area contributed by atoms with Crippen LogP contribution in [0.1, 0.15) is 19.3 Å². The fourth-order valence-electron chi connectivity index (χ4n) is 3.38. The first-order valence-electron chi connectivity index (χ1n) is 8.61. The summed E-state index contributed by atoms with van der Waals surface area (Å²) in [4.78, 5) is 25.7. The molecule has 3 rings (SSSR count). The first kappa shape index (κ1) is 18.8. The van der Waals surface area contributed by atoms with Crippen LogP contribution in [0.4, 0.5) is 0 Å². The lowest BCUT2D eigenvalue weighted by molar-refractivity contribution is -0.160. The Labute approximate surface area is 152 Å². The zero-order valence-corrected chi connectivity index (χ0v) is 15.1. The highest BCUT2D eigenvalue weighted by Gasteiger charge is 2.41. The van der Waals surface area contributed by atoms with Gasteiger partial charge in [0, 0.05) is 13.1 Å². The van der Waals surface area contributed by atoms with Gasteiger partial charge >= 0.3 is 5.97 Å². The normalized spacial score (nSPS) is 25.0. The van der Waals surface area contributed by atoms with E-state index in [1.807, 2.05) is 0 Å². The number of benzene rings is 1. The molecule has 1 aromatic rings. The number of amides is 1. The van der Waals surface area contributed by atoms with Crippen molar-refractivity contribution >= 4 is 21.9 Å². The van der Waals surface area contributed by atoms with Crippen LogP contribution in [0, 0.1) is 0 Å². The second-order valence-electron chi connectivity index (χ2n) is 6.42. The lowest BCUT2D eigenvalue weighted by Crippen LogP contribution is -2.57. The van der Waals surface area contributed by atoms with E-state index in [4.69, 9.17) is 9.84 Å². The van der Waals surface area contributed by atoms with Gasteiger partial charge in [-0.3, -0.25) is 4.79 Å². The van der Waals surface area contributed by atoms with Crippen LogP contribution in [-0.4, -0.2) is 73.0 Å². The monoisotopic (exact) mass is 382 g/mol. The Morgan fingerprint density at radius 1 is 1.12 bits per heavy atom. The number of carboxylic acids is 1. The molecule has 2 heterocycles. The predicted molar refractivity (Wildman–Crippen MR) is 91.9 cm³/mol. The molecule has 0 aliphatic carbocycles. The number of morpholine rings is 1. The number of carbonyl (C=O) groups excluding carboxylic acids is 1. The van der Waals surface area contributed by atoms with Crippen LogP contribution >= 0.6 is 0 Å². The number of piperidine rings is 1. The minimum atomic E-state index is -3.79. The molecule has 0 aromatic heterocycles. The van der Waals surface area contributed by atoms with Gasteiger partial charge < -0.3 is 14.7 Å². The molecule has 8 nitrogen and oxygen atoms in total. The van der Waals surface area contributed by atoms with E-state index in [1.54, 1.807) is 18.2 Å². The molecular weight excluding hydrogens is 360 g/mol. The second kappa shape index (κ2) is 7.73. The highest BCUT2D eigenvalue weighted by molar-refractivity contribution is 7.89. The number of nitrogens with zero attached hydrogens (tertiary/aromatic N) is 2. The van der Waals surface area contributed by atoms with E-state index >= 15 is 0 Å². The Hall–Kier alpha value is -1.97. The third-order valence-corrected chi connectivity index (χ3v) is 6.66. The maximum atomic E-state index is 13.0. The van der Waals surface area contributed by atoms with Crippen molar-refractivity contribution in [2.24, 2.45) is 0 Å². The fourth-order valence-corrected chi connectivity index (χ4v) is 5.05. The molecule has 2 aliphatic rings. The summed E-state index contributed by atoms with van der Waals surface area (Å²) in [6, 6.07) is 7.25. The Morgan fingerprint density at radius 3 is 2.54 bits per heavy atom. The second-order valence-corrected chi connectivity index (χ2v) is 8.31. The molecule has 2 saturated heterocycles. The van der Waals surface area contributed by atoms with Gasteiger partial charge in [0.15, 0.2) is 6.10 Å². The van der Waals surface area contributed by atoms with Crippen LogP contribution in [0.3, 0.4) is 0 Å². The summed E-state index contributed by atoms with van der Waals surface area (Å²) in [5, 5.41) is 9.11. The molecule has 2 aliphatic heterocycles. The summed E-state index contributed by atoms with van der Waals surface area (Å²) >= 11 is 0. The van der Waals surface area contributed by atoms with E-state index in [2.05, 4.69) is 0 Å². The molecule has 9 heteroatoms. The topological polar surface area (TPSA) is 104 Å². The fraction of sp³-hybridized carbons (Fsp3) is 0.529. The van der Waals surface area contributed by atoms with Gasteiger partial charge in [0.25, 0.3) is 0 Å². The van der Waals surface area contributed by atoms with Crippen molar-refractivity contribution in [1.82, 2.24) is 9.21 Å². The van der Waals surface area contributed by atoms with Gasteiger partial charge in [-0.15, -0.1) is 0 Å². The maximum absolute atomic E-state index is 13.0. The van der Waals surface area contributed by atoms with Crippen molar-refractivity contribution in [3.05, 3.63) is 30.3 Å². The van der Waals surface area contributed by atoms with Gasteiger partial charge in [-0.1, -0.05) is 24.6 Å². The van der Waals surface area contributed by atoms with Crippen molar-refractivity contribution in [1.29, 1.82) is 0 Å². The molecule has 142 valence electrons. The van der Waals surface area contributed by atoms with E-state index in [0.717, 1.165) is 6.42 Å². The molecule has 0 bridgehead atoms. The molecule has 1 aromatic carbocycles. The number of hydrogen-bond acceptors (Lipinski definition) is 5. The zero-order chi connectivity index (χ0) is 18.7. The number of hydrogen-bond donors (Lipinski definition) is 1. The lowest BCUT2D eigenvalue weighted by Gasteiger charge is -2.39. The number of carbonyl (C=O) groups is 2. The summed E-state index contributed by atoms with van der Waals surface area (Å²) in [7, 11) is -3.79. The van der Waals surface area contributed by atoms with E-state index in [0.29, 0.717) is 12.8 Å². The Kier molecular flexibility index (Phi) is 5.59. The first-order chi connectivity index (χ1) is 12.4. The average molecular weight is 382 g/mol. The standard InChI is InChI=1S/C17H22N2O6S/c20-16(18-10-11-25-15(12-18)17(21)22)14-8-4-5-9-19(14)26(23,24)13-6-2-1-3-7-13/h1-3,6-7,14-15H,4-5,8-12H2,(H,21,22). The summed E-state index contributed by atoms with van der Waals surface area (Å²) in [6.45, 7) is 0.601. The minimum absolute atomic E-state index is 0.0656. The molecule has 1 N–H and O–H groups in total. The number of sulfonamides is 1. The van der Waals surface area contributed by atoms with Gasteiger partial charge in [0.2, 0.25) is 15.9 Å². The maximum Gasteiger partial charge on any atom is 0.334 e. The Bertz CT molecular complexity index is 767. The quantitative estimate of drug-likeness (QED) is 0.815. The molecule has 0 spiro atoms. The molecule has 1 amide bonds. The van der Waals surface area contributed by atoms with Crippen LogP contribution in [-0.2, 0) is 24.3 Å². The van der Waals surface area contributed by atoms with E-state index in [1.165, 1.54) is 21.3 Å². The van der Waals surface area contributed by atoms with E-state index in [-0.39, 0.29) is 37.0 Å². The molecule has 2 atom stereocenters. The third-order valence-electron chi connectivity index (χ3n) is 4.74. The van der Waals surface area contributed by atoms with Crippen LogP contribution in [0.15, 0.2) is 35.2 Å². The Morgan fingerprint density at radius 2 is 1.85 bits per heavy atom. The number of ether oxygens (including phenoxy) is 1. The highest BCUT2D eigenvalue weighted by atomic mass is 32.2. The van der Waals surface area contributed by atoms with Crippen molar-refractivity contribution in [2.45, 2.75) is 36.3 Å². The van der Waals surface area contributed by atoms with Crippen LogP contribution in [0.5, 0.6) is 0 Å². The highest BCUT2D eigenvalue weighted by Crippen LogP contribution is 2.27. The number of carboxylic acid groups (broad SMARTS) is 1. The zero-order valence-electron chi connectivity index (χ0n) is 14.3. The van der Waals surface area contributed by atoms with Crippen molar-refractivity contribution in [2.75, 3.05) is 26.2 Å². The molecule has 2 fully saturated rings. The number of rotatable bonds is 4. The minimum Gasteiger partial charge on any atom is -0.479 e. The largest absolute Gasteiger partial charge is 0.479 e. The van der Waals surface area contributed by atoms with Crippen LogP contribution < -0.4 is 0 Å². The van der Waals surface area contributed by atoms with Crippen LogP contribution in [0.2, 0.25) is 0 Å². The molecular formula is C17H22N2O6S. The van der Waals surface area contributed by atoms with Crippen molar-refractivity contribution < 1.29 is 27.9 Å². The summed E-state index contributed by atoms with van der Waals surface area (Å²) in [5.41, 5.74) is 0. The van der Waals surface area contributed by atoms with E-state index in [9.17, 15) is 18.0 Å². The SMILES string of the molecule is O=C(O)C1CN(C(=O)C2CCCCN2S(=O)(=O)c2ccccc2)CCO1. The summed E-state index contributed by atoms with van der Waals surface area (Å²) < 4.78 is 32.4. The molecule has 26 heavy (non-hydrogen) atoms. The van der Waals surface area contributed by atoms with Crippen molar-refractivity contribution in [3.8, 4) is 0 Å². The first-order valence-corrected chi connectivity index (χ1v) is 10.1. The van der Waals surface area contributed by atoms with Gasteiger partial charge in [-0.25, -0.2) is 13.2 Å². The smallest absolute Gasteiger partial charge is 0.334 e. The molecule has 0 saturated carbocycles. The Balaban J connectivity index is 1.83. The van der Waals surface area contributed by atoms with E-state index < -0.39 is 28.1 Å². The van der Waals surface area contributed by atoms with Gasteiger partial charge in [-0.05, 0) is 25.0 Å². The van der Waals surface area contributed by atoms with Crippen molar-refractivity contribution in [3.63, 3.8) is 0 Å². The van der Waals surface area contributed by atoms with Gasteiger partial charge in [0.1, 0.15) is 6.04 Å². The number of aliphatic carboxylic acids is 1. The summed E-state index contributed by atoms with van der Waals surface area (Å²) in [6.07, 6.45) is 0.802. The van der Waals surface area contributed by atoms with Crippen LogP contribution in [0.25, 0.3) is 0 Å².